The summed E-state index contributed by atoms with van der Waals surface area (Å²) in [6.45, 7) is 6.38. The van der Waals surface area contributed by atoms with Gasteiger partial charge in [-0.2, -0.15) is 0 Å². The topological polar surface area (TPSA) is 41.6 Å². The van der Waals surface area contributed by atoms with Gasteiger partial charge in [0.2, 0.25) is 5.91 Å². The van der Waals surface area contributed by atoms with E-state index in [2.05, 4.69) is 17.1 Å². The molecule has 1 heterocycles. The SMILES string of the molecule is COCCCCN1CCC(NC(=O)[C@H](C)CC2CCCC2)CC1. The minimum Gasteiger partial charge on any atom is -0.385 e. The molecule has 0 aromatic carbocycles. The van der Waals surface area contributed by atoms with Crippen molar-refractivity contribution in [2.75, 3.05) is 33.4 Å². The molecule has 0 aromatic rings. The summed E-state index contributed by atoms with van der Waals surface area (Å²) >= 11 is 0. The molecule has 1 aliphatic carbocycles. The van der Waals surface area contributed by atoms with Gasteiger partial charge >= 0.3 is 0 Å². The van der Waals surface area contributed by atoms with Gasteiger partial charge in [0.25, 0.3) is 0 Å². The third-order valence-electron chi connectivity index (χ3n) is 5.62. The quantitative estimate of drug-likeness (QED) is 0.662. The van der Waals surface area contributed by atoms with Crippen molar-refractivity contribution in [2.45, 2.75) is 70.8 Å². The van der Waals surface area contributed by atoms with Crippen LogP contribution in [0.4, 0.5) is 0 Å². The molecule has 134 valence electrons. The zero-order chi connectivity index (χ0) is 16.5. The summed E-state index contributed by atoms with van der Waals surface area (Å²) in [5.41, 5.74) is 0. The van der Waals surface area contributed by atoms with E-state index in [0.29, 0.717) is 6.04 Å². The van der Waals surface area contributed by atoms with Gasteiger partial charge in [-0.3, -0.25) is 4.79 Å². The molecule has 0 aromatic heterocycles. The van der Waals surface area contributed by atoms with Crippen molar-refractivity contribution >= 4 is 5.91 Å². The fourth-order valence-electron chi connectivity index (χ4n) is 4.08. The Morgan fingerprint density at radius 1 is 1.17 bits per heavy atom. The number of carbonyl (C=O) groups excluding carboxylic acids is 1. The van der Waals surface area contributed by atoms with Crippen molar-refractivity contribution in [3.8, 4) is 0 Å². The lowest BCUT2D eigenvalue weighted by molar-refractivity contribution is -0.126. The Bertz CT molecular complexity index is 334. The smallest absolute Gasteiger partial charge is 0.223 e. The monoisotopic (exact) mass is 324 g/mol. The van der Waals surface area contributed by atoms with Crippen LogP contribution in [0, 0.1) is 11.8 Å². The number of methoxy groups -OCH3 is 1. The van der Waals surface area contributed by atoms with Crippen LogP contribution in [0.1, 0.15) is 64.7 Å². The standard InChI is InChI=1S/C19H36N2O2/c1-16(15-17-7-3-4-8-17)19(22)20-18-9-12-21(13-10-18)11-5-6-14-23-2/h16-18H,3-15H2,1-2H3,(H,20,22)/t16-/m1/s1. The van der Waals surface area contributed by atoms with Crippen molar-refractivity contribution in [2.24, 2.45) is 11.8 Å². The Morgan fingerprint density at radius 3 is 2.52 bits per heavy atom. The number of ether oxygens (including phenoxy) is 1. The number of hydrogen-bond donors (Lipinski definition) is 1. The maximum Gasteiger partial charge on any atom is 0.223 e. The van der Waals surface area contributed by atoms with Crippen molar-refractivity contribution in [1.82, 2.24) is 10.2 Å². The van der Waals surface area contributed by atoms with Crippen molar-refractivity contribution in [3.05, 3.63) is 0 Å². The number of carbonyl (C=O) groups is 1. The molecule has 0 bridgehead atoms. The molecule has 23 heavy (non-hydrogen) atoms. The number of nitrogens with one attached hydrogen (secondary N) is 1. The van der Waals surface area contributed by atoms with Gasteiger partial charge in [-0.15, -0.1) is 0 Å². The molecule has 1 atom stereocenters. The first-order valence-corrected chi connectivity index (χ1v) is 9.70. The minimum absolute atomic E-state index is 0.185. The van der Waals surface area contributed by atoms with E-state index in [1.54, 1.807) is 7.11 Å². The van der Waals surface area contributed by atoms with Crippen LogP contribution in [0.25, 0.3) is 0 Å². The third kappa shape index (κ3) is 6.80. The van der Waals surface area contributed by atoms with E-state index >= 15 is 0 Å². The molecule has 1 N–H and O–H groups in total. The van der Waals surface area contributed by atoms with Crippen LogP contribution >= 0.6 is 0 Å². The van der Waals surface area contributed by atoms with E-state index in [0.717, 1.165) is 51.3 Å². The third-order valence-corrected chi connectivity index (χ3v) is 5.62. The van der Waals surface area contributed by atoms with Gasteiger partial charge in [0.15, 0.2) is 0 Å². The number of likely N-dealkylation sites (tertiary alicyclic amines) is 1. The number of unbranched alkanes of at least 4 members (excludes halogenated alkanes) is 1. The highest BCUT2D eigenvalue weighted by atomic mass is 16.5. The number of nitrogens with zero attached hydrogens (tertiary/aromatic N) is 1. The van der Waals surface area contributed by atoms with Crippen LogP contribution in [0.15, 0.2) is 0 Å². The van der Waals surface area contributed by atoms with Crippen LogP contribution in [0.2, 0.25) is 0 Å². The number of amides is 1. The Balaban J connectivity index is 1.58. The van der Waals surface area contributed by atoms with Crippen LogP contribution in [0.3, 0.4) is 0 Å². The molecule has 0 radical (unpaired) electrons. The molecule has 4 heteroatoms. The predicted molar refractivity (Wildman–Crippen MR) is 94.5 cm³/mol. The molecule has 2 rings (SSSR count). The Kier molecular flexibility index (Phi) is 8.38. The Morgan fingerprint density at radius 2 is 1.87 bits per heavy atom. The zero-order valence-electron chi connectivity index (χ0n) is 15.2. The molecular weight excluding hydrogens is 288 g/mol. The van der Waals surface area contributed by atoms with Gasteiger partial charge in [0, 0.05) is 38.8 Å². The van der Waals surface area contributed by atoms with Gasteiger partial charge in [-0.1, -0.05) is 32.6 Å². The fraction of sp³-hybridized carbons (Fsp3) is 0.947. The molecule has 0 unspecified atom stereocenters. The van der Waals surface area contributed by atoms with Gasteiger partial charge < -0.3 is 15.0 Å². The molecular formula is C19H36N2O2. The first-order chi connectivity index (χ1) is 11.2. The summed E-state index contributed by atoms with van der Waals surface area (Å²) in [7, 11) is 1.77. The van der Waals surface area contributed by atoms with Crippen LogP contribution in [-0.4, -0.2) is 50.2 Å². The van der Waals surface area contributed by atoms with E-state index < -0.39 is 0 Å². The van der Waals surface area contributed by atoms with E-state index in [9.17, 15) is 4.79 Å². The lowest BCUT2D eigenvalue weighted by Gasteiger charge is -2.33. The lowest BCUT2D eigenvalue weighted by Crippen LogP contribution is -2.46. The average molecular weight is 325 g/mol. The fourth-order valence-corrected chi connectivity index (χ4v) is 4.08. The first kappa shape index (κ1) is 18.7. The van der Waals surface area contributed by atoms with Crippen molar-refractivity contribution < 1.29 is 9.53 Å². The maximum atomic E-state index is 12.4. The van der Waals surface area contributed by atoms with Gasteiger partial charge in [0.1, 0.15) is 0 Å². The predicted octanol–water partition coefficient (Wildman–Crippen LogP) is 3.21. The molecule has 1 aliphatic heterocycles. The van der Waals surface area contributed by atoms with Crippen LogP contribution in [-0.2, 0) is 9.53 Å². The second kappa shape index (κ2) is 10.3. The zero-order valence-corrected chi connectivity index (χ0v) is 15.2. The van der Waals surface area contributed by atoms with Crippen LogP contribution < -0.4 is 5.32 Å². The van der Waals surface area contributed by atoms with Crippen LogP contribution in [0.5, 0.6) is 0 Å². The van der Waals surface area contributed by atoms with Crippen molar-refractivity contribution in [3.63, 3.8) is 0 Å². The summed E-state index contributed by atoms with van der Waals surface area (Å²) in [5.74, 6) is 1.27. The number of rotatable bonds is 9. The summed E-state index contributed by atoms with van der Waals surface area (Å²) in [5, 5.41) is 3.30. The highest BCUT2D eigenvalue weighted by Crippen LogP contribution is 2.30. The second-order valence-corrected chi connectivity index (χ2v) is 7.61. The Hall–Kier alpha value is -0.610. The van der Waals surface area contributed by atoms with Crippen molar-refractivity contribution in [1.29, 1.82) is 0 Å². The summed E-state index contributed by atoms with van der Waals surface area (Å²) < 4.78 is 5.10. The normalized spacial score (nSPS) is 22.3. The largest absolute Gasteiger partial charge is 0.385 e. The summed E-state index contributed by atoms with van der Waals surface area (Å²) in [4.78, 5) is 14.9. The summed E-state index contributed by atoms with van der Waals surface area (Å²) in [6.07, 6.45) is 11.0. The maximum absolute atomic E-state index is 12.4. The molecule has 2 aliphatic rings. The van der Waals surface area contributed by atoms with Gasteiger partial charge in [-0.05, 0) is 44.6 Å². The van der Waals surface area contributed by atoms with Gasteiger partial charge in [0.05, 0.1) is 0 Å². The summed E-state index contributed by atoms with van der Waals surface area (Å²) in [6, 6.07) is 0.392. The molecule has 4 nitrogen and oxygen atoms in total. The van der Waals surface area contributed by atoms with E-state index in [-0.39, 0.29) is 11.8 Å². The molecule has 1 amide bonds. The molecule has 1 saturated heterocycles. The van der Waals surface area contributed by atoms with E-state index in [1.165, 1.54) is 38.6 Å². The molecule has 2 fully saturated rings. The highest BCUT2D eigenvalue weighted by molar-refractivity contribution is 5.78. The molecule has 1 saturated carbocycles. The lowest BCUT2D eigenvalue weighted by atomic mass is 9.93. The number of hydrogen-bond acceptors (Lipinski definition) is 3. The number of piperidine rings is 1. The Labute approximate surface area is 142 Å². The first-order valence-electron chi connectivity index (χ1n) is 9.70. The second-order valence-electron chi connectivity index (χ2n) is 7.61. The average Bonchev–Trinajstić information content (AvgIpc) is 3.06. The van der Waals surface area contributed by atoms with E-state index in [1.807, 2.05) is 0 Å². The molecule has 0 spiro atoms. The highest BCUT2D eigenvalue weighted by Gasteiger charge is 2.25. The van der Waals surface area contributed by atoms with Gasteiger partial charge in [-0.25, -0.2) is 0 Å². The van der Waals surface area contributed by atoms with E-state index in [4.69, 9.17) is 4.74 Å². The minimum atomic E-state index is 0.185.